The highest BCUT2D eigenvalue weighted by molar-refractivity contribution is 7.89. The van der Waals surface area contributed by atoms with Crippen molar-refractivity contribution in [2.45, 2.75) is 11.3 Å². The molecule has 8 nitrogen and oxygen atoms in total. The second-order valence-electron chi connectivity index (χ2n) is 5.29. The molecule has 127 valence electrons. The third-order valence-electron chi connectivity index (χ3n) is 3.53. The molecule has 3 rings (SSSR count). The van der Waals surface area contributed by atoms with Crippen LogP contribution in [0.3, 0.4) is 0 Å². The van der Waals surface area contributed by atoms with Gasteiger partial charge >= 0.3 is 6.03 Å². The number of primary sulfonamides is 1. The number of hydrogen-bond acceptors (Lipinski definition) is 5. The van der Waals surface area contributed by atoms with E-state index in [4.69, 9.17) is 10.9 Å². The minimum absolute atomic E-state index is 0.0276. The molecule has 25 heavy (non-hydrogen) atoms. The summed E-state index contributed by atoms with van der Waals surface area (Å²) in [5, 5.41) is 9.27. The average Bonchev–Trinajstić information content (AvgIpc) is 2.99. The van der Waals surface area contributed by atoms with Gasteiger partial charge in [-0.05, 0) is 35.4 Å². The Balaban J connectivity index is 1.98. The molecular weight excluding hydrogens is 342 g/mol. The third-order valence-corrected chi connectivity index (χ3v) is 4.46. The number of benzene rings is 1. The average molecular weight is 356 g/mol. The Morgan fingerprint density at radius 3 is 2.32 bits per heavy atom. The lowest BCUT2D eigenvalue weighted by atomic mass is 10.0. The van der Waals surface area contributed by atoms with Gasteiger partial charge in [-0.1, -0.05) is 12.1 Å². The largest absolute Gasteiger partial charge is 0.350 e. The lowest BCUT2D eigenvalue weighted by molar-refractivity contribution is 0.247. The number of primary amides is 1. The molecule has 0 atom stereocenters. The number of pyridine rings is 1. The van der Waals surface area contributed by atoms with E-state index in [0.29, 0.717) is 17.7 Å². The van der Waals surface area contributed by atoms with Crippen molar-refractivity contribution in [3.8, 4) is 11.1 Å². The van der Waals surface area contributed by atoms with Crippen molar-refractivity contribution in [3.05, 3.63) is 66.2 Å². The highest BCUT2D eigenvalue weighted by Crippen LogP contribution is 2.24. The minimum atomic E-state index is -3.74. The normalized spacial score (nSPS) is 11.4. The van der Waals surface area contributed by atoms with Crippen LogP contribution in [0.15, 0.2) is 53.7 Å². The molecule has 0 aliphatic heterocycles. The summed E-state index contributed by atoms with van der Waals surface area (Å²) in [6.07, 6.45) is 6.44. The van der Waals surface area contributed by atoms with Gasteiger partial charge in [0.2, 0.25) is 10.0 Å². The second-order valence-corrected chi connectivity index (χ2v) is 6.85. The fourth-order valence-electron chi connectivity index (χ4n) is 2.33. The van der Waals surface area contributed by atoms with E-state index in [0.717, 1.165) is 15.8 Å². The van der Waals surface area contributed by atoms with E-state index >= 15 is 0 Å². The first kappa shape index (κ1) is 16.8. The van der Waals surface area contributed by atoms with Crippen LogP contribution < -0.4 is 10.9 Å². The van der Waals surface area contributed by atoms with Crippen LogP contribution in [0.2, 0.25) is 0 Å². The summed E-state index contributed by atoms with van der Waals surface area (Å²) < 4.78 is 23.6. The summed E-state index contributed by atoms with van der Waals surface area (Å²) in [6, 6.07) is 8.92. The van der Waals surface area contributed by atoms with Gasteiger partial charge in [0.15, 0.2) is 0 Å². The lowest BCUT2D eigenvalue weighted by Crippen LogP contribution is -2.20. The molecule has 3 aromatic rings. The maximum atomic E-state index is 11.4. The van der Waals surface area contributed by atoms with Crippen LogP contribution in [-0.2, 0) is 16.4 Å². The summed E-state index contributed by atoms with van der Waals surface area (Å²) >= 11 is 0. The van der Waals surface area contributed by atoms with Gasteiger partial charge in [-0.2, -0.15) is 9.78 Å². The molecule has 0 bridgehead atoms. The highest BCUT2D eigenvalue weighted by Gasteiger charge is 2.15. The van der Waals surface area contributed by atoms with Crippen LogP contribution in [0.4, 0.5) is 4.79 Å². The predicted molar refractivity (Wildman–Crippen MR) is 89.9 cm³/mol. The number of rotatable bonds is 4. The third kappa shape index (κ3) is 3.73. The van der Waals surface area contributed by atoms with Crippen LogP contribution >= 0.6 is 0 Å². The van der Waals surface area contributed by atoms with E-state index in [-0.39, 0.29) is 4.90 Å². The van der Waals surface area contributed by atoms with Gasteiger partial charge in [0.1, 0.15) is 6.20 Å². The van der Waals surface area contributed by atoms with Crippen molar-refractivity contribution < 1.29 is 13.2 Å². The zero-order chi connectivity index (χ0) is 18.0. The van der Waals surface area contributed by atoms with Gasteiger partial charge in [0.25, 0.3) is 0 Å². The lowest BCUT2D eigenvalue weighted by Gasteiger charge is -2.04. The van der Waals surface area contributed by atoms with Gasteiger partial charge in [-0.15, -0.1) is 0 Å². The first-order valence-corrected chi connectivity index (χ1v) is 8.72. The molecule has 0 aliphatic rings. The van der Waals surface area contributed by atoms with E-state index in [1.807, 2.05) is 0 Å². The molecule has 4 N–H and O–H groups in total. The molecule has 0 fully saturated rings. The van der Waals surface area contributed by atoms with Gasteiger partial charge < -0.3 is 5.73 Å². The predicted octanol–water partition coefficient (Wildman–Crippen LogP) is 0.910. The van der Waals surface area contributed by atoms with E-state index in [2.05, 4.69) is 16.3 Å². The molecule has 0 unspecified atom stereocenters. The number of carbonyl (C=O) groups is 1. The van der Waals surface area contributed by atoms with Crippen LogP contribution in [-0.4, -0.2) is 29.2 Å². The maximum absolute atomic E-state index is 11.4. The molecule has 0 aliphatic carbocycles. The number of nitrogens with zero attached hydrogens (tertiary/aromatic N) is 3. The number of nitrogens with two attached hydrogens (primary N) is 2. The van der Waals surface area contributed by atoms with Crippen LogP contribution in [0, 0.1) is 6.20 Å². The van der Waals surface area contributed by atoms with Gasteiger partial charge in [-0.25, -0.2) is 18.4 Å². The monoisotopic (exact) mass is 356 g/mol. The molecule has 1 amide bonds. The summed E-state index contributed by atoms with van der Waals surface area (Å²) in [5.74, 6) is 0. The highest BCUT2D eigenvalue weighted by atomic mass is 32.2. The Morgan fingerprint density at radius 2 is 1.76 bits per heavy atom. The molecule has 0 spiro atoms. The van der Waals surface area contributed by atoms with Crippen molar-refractivity contribution in [1.29, 1.82) is 0 Å². The molecule has 2 aromatic heterocycles. The molecular formula is C16H14N5O3S. The number of sulfonamides is 1. The Hall–Kier alpha value is -3.04. The fraction of sp³-hybridized carbons (Fsp3) is 0.0625. The van der Waals surface area contributed by atoms with E-state index in [1.54, 1.807) is 36.7 Å². The van der Waals surface area contributed by atoms with Gasteiger partial charge in [-0.3, -0.25) is 4.98 Å². The van der Waals surface area contributed by atoms with Crippen molar-refractivity contribution in [3.63, 3.8) is 0 Å². The van der Waals surface area contributed by atoms with E-state index in [1.165, 1.54) is 12.1 Å². The topological polar surface area (TPSA) is 134 Å². The van der Waals surface area contributed by atoms with E-state index in [9.17, 15) is 13.2 Å². The van der Waals surface area contributed by atoms with Crippen LogP contribution in [0.5, 0.6) is 0 Å². The van der Waals surface area contributed by atoms with Gasteiger partial charge in [0.05, 0.1) is 10.6 Å². The zero-order valence-corrected chi connectivity index (χ0v) is 13.8. The van der Waals surface area contributed by atoms with Gasteiger partial charge in [0, 0.05) is 24.4 Å². The summed E-state index contributed by atoms with van der Waals surface area (Å²) in [6.45, 7) is 0. The molecule has 1 radical (unpaired) electrons. The number of hydrogen-bond donors (Lipinski definition) is 2. The van der Waals surface area contributed by atoms with E-state index < -0.39 is 16.1 Å². The van der Waals surface area contributed by atoms with Crippen molar-refractivity contribution in [2.24, 2.45) is 10.9 Å². The minimum Gasteiger partial charge on any atom is -0.350 e. The standard InChI is InChI=1S/C16H14N5O3S/c17-16(22)21-10-14(12-5-7-19-8-6-12)15(20-21)9-11-1-3-13(4-2-11)25(18,23)24/h1-8H,9H2,(H2,17,22)(H2,18,23,24). The molecule has 2 heterocycles. The Morgan fingerprint density at radius 1 is 1.12 bits per heavy atom. The summed E-state index contributed by atoms with van der Waals surface area (Å²) in [4.78, 5) is 15.4. The quantitative estimate of drug-likeness (QED) is 0.716. The Bertz CT molecular complexity index is 1010. The molecule has 1 aromatic carbocycles. The fourth-order valence-corrected chi connectivity index (χ4v) is 2.85. The maximum Gasteiger partial charge on any atom is 0.340 e. The molecule has 0 saturated heterocycles. The first-order chi connectivity index (χ1) is 11.8. The molecule has 9 heteroatoms. The summed E-state index contributed by atoms with van der Waals surface area (Å²) in [5.41, 5.74) is 8.06. The smallest absolute Gasteiger partial charge is 0.340 e. The zero-order valence-electron chi connectivity index (χ0n) is 13.0. The SMILES string of the molecule is NC(=O)n1[c]c(-c2ccncc2)c(Cc2ccc(S(N)(=O)=O)cc2)n1. The number of aromatic nitrogens is 3. The number of amides is 1. The van der Waals surface area contributed by atoms with Crippen LogP contribution in [0.25, 0.3) is 11.1 Å². The Labute approximate surface area is 144 Å². The van der Waals surface area contributed by atoms with Crippen LogP contribution in [0.1, 0.15) is 11.3 Å². The second kappa shape index (κ2) is 6.46. The first-order valence-electron chi connectivity index (χ1n) is 7.18. The van der Waals surface area contributed by atoms with Crippen molar-refractivity contribution in [1.82, 2.24) is 14.8 Å². The summed E-state index contributed by atoms with van der Waals surface area (Å²) in [7, 11) is -3.74. The molecule has 0 saturated carbocycles. The number of carbonyl (C=O) groups excluding carboxylic acids is 1. The van der Waals surface area contributed by atoms with Crippen molar-refractivity contribution >= 4 is 16.1 Å². The van der Waals surface area contributed by atoms with Crippen molar-refractivity contribution in [2.75, 3.05) is 0 Å². The Kier molecular flexibility index (Phi) is 4.34.